The van der Waals surface area contributed by atoms with Crippen molar-refractivity contribution in [3.8, 4) is 28.7 Å². The summed E-state index contributed by atoms with van der Waals surface area (Å²) in [5, 5.41) is 11.4. The standard InChI is InChI=1S/C31H35N5O7/c1-31(2,3)32-30(38)28(20-14-25(39-4)29(41-6)26(15-20)40-5)35(16-19-11-12-23-24(13-19)43-18-42-23)27(37)17-36-22-10-8-7-9-21(22)33-34-36/h7-15,28H,16-18H2,1-6H3,(H,32,38)/t28-/m1/s1. The zero-order valence-corrected chi connectivity index (χ0v) is 25.0. The van der Waals surface area contributed by atoms with Crippen LogP contribution in [0.2, 0.25) is 0 Å². The Balaban J connectivity index is 1.63. The van der Waals surface area contributed by atoms with Crippen LogP contribution in [0, 0.1) is 0 Å². The van der Waals surface area contributed by atoms with Crippen LogP contribution < -0.4 is 29.0 Å². The first-order valence-corrected chi connectivity index (χ1v) is 13.7. The number of para-hydroxylation sites is 1. The zero-order valence-electron chi connectivity index (χ0n) is 25.0. The number of nitrogens with zero attached hydrogens (tertiary/aromatic N) is 4. The SMILES string of the molecule is COc1cc([C@H](C(=O)NC(C)(C)C)N(Cc2ccc3c(c2)OCO3)C(=O)Cn2nnc3ccccc32)cc(OC)c1OC. The first-order valence-electron chi connectivity index (χ1n) is 13.7. The number of amides is 2. The Hall–Kier alpha value is -5.00. The van der Waals surface area contributed by atoms with Gasteiger partial charge in [-0.15, -0.1) is 5.10 Å². The molecular weight excluding hydrogens is 554 g/mol. The van der Waals surface area contributed by atoms with Gasteiger partial charge in [-0.25, -0.2) is 4.68 Å². The van der Waals surface area contributed by atoms with Gasteiger partial charge < -0.3 is 33.9 Å². The Bertz CT molecular complexity index is 1620. The van der Waals surface area contributed by atoms with Crippen molar-refractivity contribution in [3.05, 3.63) is 65.7 Å². The van der Waals surface area contributed by atoms with E-state index in [0.717, 1.165) is 5.56 Å². The van der Waals surface area contributed by atoms with Crippen molar-refractivity contribution >= 4 is 22.8 Å². The van der Waals surface area contributed by atoms with Gasteiger partial charge in [-0.05, 0) is 68.3 Å². The molecule has 1 aliphatic rings. The quantitative estimate of drug-likeness (QED) is 0.293. The number of aromatic nitrogens is 3. The molecule has 12 nitrogen and oxygen atoms in total. The summed E-state index contributed by atoms with van der Waals surface area (Å²) in [4.78, 5) is 30.0. The van der Waals surface area contributed by atoms with E-state index in [9.17, 15) is 9.59 Å². The molecule has 1 atom stereocenters. The van der Waals surface area contributed by atoms with Gasteiger partial charge in [-0.3, -0.25) is 9.59 Å². The predicted octanol–water partition coefficient (Wildman–Crippen LogP) is 3.87. The van der Waals surface area contributed by atoms with E-state index < -0.39 is 11.6 Å². The second kappa shape index (κ2) is 12.1. The summed E-state index contributed by atoms with van der Waals surface area (Å²) in [5.74, 6) is 1.49. The molecule has 0 unspecified atom stereocenters. The van der Waals surface area contributed by atoms with Crippen LogP contribution in [0.1, 0.15) is 37.9 Å². The van der Waals surface area contributed by atoms with E-state index in [1.807, 2.05) is 51.1 Å². The Morgan fingerprint density at radius 3 is 2.35 bits per heavy atom. The van der Waals surface area contributed by atoms with Crippen LogP contribution in [0.4, 0.5) is 0 Å². The predicted molar refractivity (Wildman–Crippen MR) is 157 cm³/mol. The van der Waals surface area contributed by atoms with E-state index in [2.05, 4.69) is 15.6 Å². The van der Waals surface area contributed by atoms with E-state index in [0.29, 0.717) is 45.3 Å². The molecule has 43 heavy (non-hydrogen) atoms. The van der Waals surface area contributed by atoms with E-state index in [1.165, 1.54) is 30.9 Å². The third kappa shape index (κ3) is 6.27. The smallest absolute Gasteiger partial charge is 0.247 e. The number of hydrogen-bond donors (Lipinski definition) is 1. The van der Waals surface area contributed by atoms with E-state index in [-0.39, 0.29) is 31.7 Å². The summed E-state index contributed by atoms with van der Waals surface area (Å²) >= 11 is 0. The van der Waals surface area contributed by atoms with Crippen molar-refractivity contribution < 1.29 is 33.3 Å². The highest BCUT2D eigenvalue weighted by molar-refractivity contribution is 5.90. The van der Waals surface area contributed by atoms with Crippen molar-refractivity contribution in [3.63, 3.8) is 0 Å². The fraction of sp³-hybridized carbons (Fsp3) is 0.355. The van der Waals surface area contributed by atoms with Crippen LogP contribution in [-0.4, -0.2) is 65.4 Å². The molecule has 0 saturated carbocycles. The number of nitrogens with one attached hydrogen (secondary N) is 1. The Kier molecular flexibility index (Phi) is 8.29. The lowest BCUT2D eigenvalue weighted by Gasteiger charge is -2.34. The number of hydrogen-bond acceptors (Lipinski definition) is 9. The molecule has 0 saturated heterocycles. The molecule has 5 rings (SSSR count). The maximum atomic E-state index is 14.3. The van der Waals surface area contributed by atoms with Crippen LogP contribution in [0.3, 0.4) is 0 Å². The molecule has 0 radical (unpaired) electrons. The van der Waals surface area contributed by atoms with Crippen LogP contribution >= 0.6 is 0 Å². The number of carbonyl (C=O) groups is 2. The zero-order chi connectivity index (χ0) is 30.7. The second-order valence-corrected chi connectivity index (χ2v) is 11.0. The maximum Gasteiger partial charge on any atom is 0.247 e. The average Bonchev–Trinajstić information content (AvgIpc) is 3.62. The highest BCUT2D eigenvalue weighted by Crippen LogP contribution is 2.41. The monoisotopic (exact) mass is 589 g/mol. The average molecular weight is 590 g/mol. The molecule has 3 aromatic carbocycles. The molecule has 0 aliphatic carbocycles. The Morgan fingerprint density at radius 2 is 1.67 bits per heavy atom. The minimum absolute atomic E-state index is 0.0704. The topological polar surface area (TPSA) is 126 Å². The van der Waals surface area contributed by atoms with Gasteiger partial charge >= 0.3 is 0 Å². The second-order valence-electron chi connectivity index (χ2n) is 11.0. The van der Waals surface area contributed by atoms with Gasteiger partial charge in [0.15, 0.2) is 23.0 Å². The van der Waals surface area contributed by atoms with Crippen LogP contribution in [0.15, 0.2) is 54.6 Å². The summed E-state index contributed by atoms with van der Waals surface area (Å²) in [7, 11) is 4.50. The van der Waals surface area contributed by atoms with Gasteiger partial charge in [0.1, 0.15) is 18.1 Å². The van der Waals surface area contributed by atoms with Crippen molar-refractivity contribution in [1.29, 1.82) is 0 Å². The summed E-state index contributed by atoms with van der Waals surface area (Å²) in [5.41, 5.74) is 1.97. The normalized spacial score (nSPS) is 13.0. The van der Waals surface area contributed by atoms with Crippen molar-refractivity contribution in [2.24, 2.45) is 0 Å². The largest absolute Gasteiger partial charge is 0.493 e. The molecule has 0 bridgehead atoms. The van der Waals surface area contributed by atoms with Gasteiger partial charge in [0, 0.05) is 12.1 Å². The van der Waals surface area contributed by atoms with Gasteiger partial charge in [0.2, 0.25) is 24.4 Å². The maximum absolute atomic E-state index is 14.3. The van der Waals surface area contributed by atoms with E-state index in [1.54, 1.807) is 24.3 Å². The lowest BCUT2D eigenvalue weighted by Crippen LogP contribution is -2.49. The van der Waals surface area contributed by atoms with Gasteiger partial charge in [-0.2, -0.15) is 0 Å². The summed E-state index contributed by atoms with van der Waals surface area (Å²) in [6.07, 6.45) is 0. The minimum Gasteiger partial charge on any atom is -0.493 e. The number of benzene rings is 3. The summed E-state index contributed by atoms with van der Waals surface area (Å²) in [6.45, 7) is 5.66. The van der Waals surface area contributed by atoms with Gasteiger partial charge in [0.05, 0.1) is 26.8 Å². The highest BCUT2D eigenvalue weighted by Gasteiger charge is 2.35. The fourth-order valence-electron chi connectivity index (χ4n) is 4.98. The first kappa shape index (κ1) is 29.5. The number of carbonyl (C=O) groups excluding carboxylic acids is 2. The van der Waals surface area contributed by atoms with Crippen LogP contribution in [-0.2, 0) is 22.7 Å². The molecule has 2 amide bonds. The van der Waals surface area contributed by atoms with Crippen molar-refractivity contribution in [2.45, 2.75) is 45.4 Å². The molecule has 12 heteroatoms. The number of fused-ring (bicyclic) bond motifs is 2. The Morgan fingerprint density at radius 1 is 0.977 bits per heavy atom. The fourth-order valence-corrected chi connectivity index (χ4v) is 4.98. The molecular formula is C31H35N5O7. The number of ether oxygens (including phenoxy) is 5. The third-order valence-electron chi connectivity index (χ3n) is 6.88. The Labute approximate surface area is 249 Å². The van der Waals surface area contributed by atoms with Gasteiger partial charge in [-0.1, -0.05) is 23.4 Å². The summed E-state index contributed by atoms with van der Waals surface area (Å²) < 4.78 is 29.3. The van der Waals surface area contributed by atoms with Crippen molar-refractivity contribution in [2.75, 3.05) is 28.1 Å². The van der Waals surface area contributed by atoms with E-state index in [4.69, 9.17) is 23.7 Å². The van der Waals surface area contributed by atoms with Gasteiger partial charge in [0.25, 0.3) is 0 Å². The minimum atomic E-state index is -1.10. The molecule has 1 N–H and O–H groups in total. The lowest BCUT2D eigenvalue weighted by atomic mass is 9.99. The molecule has 2 heterocycles. The molecule has 4 aromatic rings. The van der Waals surface area contributed by atoms with E-state index >= 15 is 0 Å². The number of rotatable bonds is 10. The molecule has 1 aromatic heterocycles. The van der Waals surface area contributed by atoms with Crippen LogP contribution in [0.5, 0.6) is 28.7 Å². The molecule has 0 fully saturated rings. The first-order chi connectivity index (χ1) is 20.6. The number of methoxy groups -OCH3 is 3. The summed E-state index contributed by atoms with van der Waals surface area (Å²) in [6, 6.07) is 15.1. The van der Waals surface area contributed by atoms with Crippen LogP contribution in [0.25, 0.3) is 11.0 Å². The third-order valence-corrected chi connectivity index (χ3v) is 6.88. The molecule has 226 valence electrons. The molecule has 0 spiro atoms. The lowest BCUT2D eigenvalue weighted by molar-refractivity contribution is -0.142. The highest BCUT2D eigenvalue weighted by atomic mass is 16.7. The van der Waals surface area contributed by atoms with Crippen molar-refractivity contribution in [1.82, 2.24) is 25.2 Å². The molecule has 1 aliphatic heterocycles.